The Kier molecular flexibility index (Phi) is 5.64. The Morgan fingerprint density at radius 2 is 2.17 bits per heavy atom. The number of carbonyl (C=O) groups excluding carboxylic acids is 2. The third kappa shape index (κ3) is 4.31. The lowest BCUT2D eigenvalue weighted by Crippen LogP contribution is -2.45. The predicted octanol–water partition coefficient (Wildman–Crippen LogP) is 0.860. The van der Waals surface area contributed by atoms with Gasteiger partial charge in [-0.3, -0.25) is 14.5 Å². The van der Waals surface area contributed by atoms with E-state index < -0.39 is 0 Å². The maximum atomic E-state index is 12.2. The van der Waals surface area contributed by atoms with Gasteiger partial charge in [0.25, 0.3) is 0 Å². The molecule has 2 fully saturated rings. The third-order valence-corrected chi connectivity index (χ3v) is 5.33. The minimum Gasteiger partial charge on any atom is -0.379 e. The van der Waals surface area contributed by atoms with Crippen molar-refractivity contribution in [1.82, 2.24) is 15.1 Å². The summed E-state index contributed by atoms with van der Waals surface area (Å²) in [7, 11) is 0. The molecule has 2 aliphatic heterocycles. The van der Waals surface area contributed by atoms with Crippen molar-refractivity contribution >= 4 is 23.2 Å². The molecule has 1 atom stereocenters. The first-order valence-electron chi connectivity index (χ1n) is 8.14. The molecular weight excluding hydrogens is 314 g/mol. The smallest absolute Gasteiger partial charge is 0.239 e. The van der Waals surface area contributed by atoms with Crippen LogP contribution in [0.4, 0.5) is 0 Å². The van der Waals surface area contributed by atoms with E-state index >= 15 is 0 Å². The zero-order valence-electron chi connectivity index (χ0n) is 13.2. The van der Waals surface area contributed by atoms with Crippen molar-refractivity contribution in [3.63, 3.8) is 0 Å². The van der Waals surface area contributed by atoms with Gasteiger partial charge in [-0.2, -0.15) is 0 Å². The number of hydrogen-bond donors (Lipinski definition) is 1. The fraction of sp³-hybridized carbons (Fsp3) is 0.625. The fourth-order valence-corrected chi connectivity index (χ4v) is 3.95. The summed E-state index contributed by atoms with van der Waals surface area (Å²) in [6, 6.07) is 4.33. The van der Waals surface area contributed by atoms with Crippen LogP contribution in [0.25, 0.3) is 0 Å². The molecule has 6 nitrogen and oxygen atoms in total. The van der Waals surface area contributed by atoms with Crippen LogP contribution >= 0.6 is 11.3 Å². The van der Waals surface area contributed by atoms with E-state index in [2.05, 4.69) is 21.7 Å². The molecule has 1 aromatic rings. The van der Waals surface area contributed by atoms with Gasteiger partial charge in [-0.25, -0.2) is 0 Å². The summed E-state index contributed by atoms with van der Waals surface area (Å²) >= 11 is 1.71. The van der Waals surface area contributed by atoms with E-state index in [0.717, 1.165) is 32.7 Å². The van der Waals surface area contributed by atoms with Gasteiger partial charge in [-0.15, -0.1) is 11.3 Å². The number of carbonyl (C=O) groups is 2. The lowest BCUT2D eigenvalue weighted by atomic mass is 10.2. The molecule has 2 amide bonds. The predicted molar refractivity (Wildman–Crippen MR) is 88.3 cm³/mol. The molecule has 1 N–H and O–H groups in total. The minimum absolute atomic E-state index is 0.0740. The topological polar surface area (TPSA) is 61.9 Å². The van der Waals surface area contributed by atoms with Gasteiger partial charge in [0.15, 0.2) is 0 Å². The molecule has 0 bridgehead atoms. The summed E-state index contributed by atoms with van der Waals surface area (Å²) in [6.45, 7) is 4.67. The first-order valence-corrected chi connectivity index (χ1v) is 9.01. The van der Waals surface area contributed by atoms with E-state index in [-0.39, 0.29) is 24.4 Å². The minimum atomic E-state index is -0.0740. The number of thiophene rings is 1. The quantitative estimate of drug-likeness (QED) is 0.836. The second-order valence-electron chi connectivity index (χ2n) is 5.90. The van der Waals surface area contributed by atoms with Crippen molar-refractivity contribution in [2.75, 3.05) is 45.9 Å². The fourth-order valence-electron chi connectivity index (χ4n) is 3.09. The monoisotopic (exact) mass is 337 g/mol. The molecule has 0 unspecified atom stereocenters. The van der Waals surface area contributed by atoms with E-state index in [9.17, 15) is 9.59 Å². The maximum Gasteiger partial charge on any atom is 0.239 e. The zero-order valence-corrected chi connectivity index (χ0v) is 14.0. The van der Waals surface area contributed by atoms with E-state index in [0.29, 0.717) is 19.5 Å². The van der Waals surface area contributed by atoms with Gasteiger partial charge >= 0.3 is 0 Å². The van der Waals surface area contributed by atoms with Crippen molar-refractivity contribution in [1.29, 1.82) is 0 Å². The number of morpholine rings is 1. The lowest BCUT2D eigenvalue weighted by molar-refractivity contribution is -0.133. The van der Waals surface area contributed by atoms with Crippen LogP contribution in [0, 0.1) is 0 Å². The van der Waals surface area contributed by atoms with Crippen molar-refractivity contribution in [2.24, 2.45) is 0 Å². The van der Waals surface area contributed by atoms with Gasteiger partial charge in [0.05, 0.1) is 25.8 Å². The second-order valence-corrected chi connectivity index (χ2v) is 6.88. The van der Waals surface area contributed by atoms with Gasteiger partial charge < -0.3 is 15.0 Å². The molecular formula is C16H23N3O3S. The highest BCUT2D eigenvalue weighted by molar-refractivity contribution is 7.10. The first-order chi connectivity index (χ1) is 11.2. The molecule has 23 heavy (non-hydrogen) atoms. The lowest BCUT2D eigenvalue weighted by Gasteiger charge is -2.34. The largest absolute Gasteiger partial charge is 0.379 e. The van der Waals surface area contributed by atoms with Crippen molar-refractivity contribution in [2.45, 2.75) is 18.9 Å². The maximum absolute atomic E-state index is 12.2. The number of nitrogens with one attached hydrogen (secondary N) is 1. The SMILES string of the molecule is O=C(CN1CCCC1=O)NC[C@H](c1cccs1)N1CCOCC1. The van der Waals surface area contributed by atoms with Crippen LogP contribution in [-0.4, -0.2) is 67.6 Å². The summed E-state index contributed by atoms with van der Waals surface area (Å²) < 4.78 is 5.42. The van der Waals surface area contributed by atoms with Crippen LogP contribution in [0.5, 0.6) is 0 Å². The van der Waals surface area contributed by atoms with Gasteiger partial charge in [0.2, 0.25) is 11.8 Å². The molecule has 0 radical (unpaired) electrons. The third-order valence-electron chi connectivity index (χ3n) is 4.36. The number of ether oxygens (including phenoxy) is 1. The molecule has 7 heteroatoms. The Bertz CT molecular complexity index is 529. The van der Waals surface area contributed by atoms with E-state index in [4.69, 9.17) is 4.74 Å². The van der Waals surface area contributed by atoms with Crippen LogP contribution in [0.2, 0.25) is 0 Å². The number of likely N-dealkylation sites (tertiary alicyclic amines) is 1. The Balaban J connectivity index is 1.55. The van der Waals surface area contributed by atoms with Gasteiger partial charge in [-0.05, 0) is 17.9 Å². The van der Waals surface area contributed by atoms with Crippen molar-refractivity contribution < 1.29 is 14.3 Å². The number of hydrogen-bond acceptors (Lipinski definition) is 5. The zero-order chi connectivity index (χ0) is 16.1. The summed E-state index contributed by atoms with van der Waals surface area (Å²) in [6.07, 6.45) is 1.43. The second kappa shape index (κ2) is 7.90. The van der Waals surface area contributed by atoms with Gasteiger partial charge in [-0.1, -0.05) is 6.07 Å². The van der Waals surface area contributed by atoms with Crippen LogP contribution in [0.3, 0.4) is 0 Å². The van der Waals surface area contributed by atoms with Gasteiger partial charge in [0.1, 0.15) is 0 Å². The highest BCUT2D eigenvalue weighted by Gasteiger charge is 2.26. The Morgan fingerprint density at radius 3 is 2.83 bits per heavy atom. The van der Waals surface area contributed by atoms with Crippen LogP contribution in [0.15, 0.2) is 17.5 Å². The Hall–Kier alpha value is -1.44. The van der Waals surface area contributed by atoms with Crippen molar-refractivity contribution in [3.8, 4) is 0 Å². The number of amides is 2. The number of nitrogens with zero attached hydrogens (tertiary/aromatic N) is 2. The number of rotatable bonds is 6. The van der Waals surface area contributed by atoms with Crippen LogP contribution in [0.1, 0.15) is 23.8 Å². The summed E-state index contributed by atoms with van der Waals surface area (Å²) in [4.78, 5) is 29.0. The Morgan fingerprint density at radius 1 is 1.35 bits per heavy atom. The molecule has 126 valence electrons. The standard InChI is InChI=1S/C16H23N3O3S/c20-15(12-19-5-1-4-16(19)21)17-11-13(14-3-2-10-23-14)18-6-8-22-9-7-18/h2-3,10,13H,1,4-9,11-12H2,(H,17,20)/t13-/m1/s1. The molecule has 0 aliphatic carbocycles. The Labute approximate surface area is 140 Å². The highest BCUT2D eigenvalue weighted by Crippen LogP contribution is 2.25. The van der Waals surface area contributed by atoms with E-state index in [1.165, 1.54) is 4.88 Å². The molecule has 2 saturated heterocycles. The molecule has 1 aromatic heterocycles. The normalized spacial score (nSPS) is 20.7. The van der Waals surface area contributed by atoms with E-state index in [1.807, 2.05) is 6.07 Å². The molecule has 0 aromatic carbocycles. The summed E-state index contributed by atoms with van der Waals surface area (Å²) in [5.41, 5.74) is 0. The van der Waals surface area contributed by atoms with Crippen LogP contribution in [-0.2, 0) is 14.3 Å². The van der Waals surface area contributed by atoms with Crippen LogP contribution < -0.4 is 5.32 Å². The van der Waals surface area contributed by atoms with E-state index in [1.54, 1.807) is 16.2 Å². The molecule has 0 spiro atoms. The summed E-state index contributed by atoms with van der Waals surface area (Å²) in [5.74, 6) is 0.0122. The molecule has 2 aliphatic rings. The average Bonchev–Trinajstić information content (AvgIpc) is 3.22. The first kappa shape index (κ1) is 16.4. The highest BCUT2D eigenvalue weighted by atomic mass is 32.1. The van der Waals surface area contributed by atoms with Gasteiger partial charge in [0, 0.05) is 37.5 Å². The summed E-state index contributed by atoms with van der Waals surface area (Å²) in [5, 5.41) is 5.07. The molecule has 3 rings (SSSR count). The average molecular weight is 337 g/mol. The molecule has 3 heterocycles. The molecule has 0 saturated carbocycles. The van der Waals surface area contributed by atoms with Crippen molar-refractivity contribution in [3.05, 3.63) is 22.4 Å².